The molecule has 0 bridgehead atoms. The monoisotopic (exact) mass is 291 g/mol. The molecule has 0 aliphatic rings. The second kappa shape index (κ2) is 6.02. The molecule has 2 aromatic rings. The second-order valence-electron chi connectivity index (χ2n) is 4.89. The van der Waals surface area contributed by atoms with Gasteiger partial charge >= 0.3 is 0 Å². The highest BCUT2D eigenvalue weighted by Gasteiger charge is 2.27. The van der Waals surface area contributed by atoms with E-state index in [-0.39, 0.29) is 18.9 Å². The largest absolute Gasteiger partial charge is 0.394 e. The van der Waals surface area contributed by atoms with Gasteiger partial charge in [-0.05, 0) is 18.6 Å². The Balaban J connectivity index is 2.56. The number of hydrogen-bond donors (Lipinski definition) is 3. The van der Waals surface area contributed by atoms with E-state index < -0.39 is 10.5 Å². The van der Waals surface area contributed by atoms with Crippen molar-refractivity contribution in [3.63, 3.8) is 0 Å². The quantitative estimate of drug-likeness (QED) is 0.552. The maximum Gasteiger partial charge on any atom is 0.277 e. The number of pyridine rings is 1. The molecule has 7 nitrogen and oxygen atoms in total. The standard InChI is InChI=1S/C14H17N3O4/c1-2-14(8-18,9-19)16-12-3-4-13(17(20)21)10-5-6-15-7-11(10)12/h3-7,16,18-19H,2,8-9H2,1H3. The third-order valence-corrected chi connectivity index (χ3v) is 3.67. The van der Waals surface area contributed by atoms with Gasteiger partial charge in [-0.15, -0.1) is 0 Å². The Bertz CT molecular complexity index is 647. The van der Waals surface area contributed by atoms with Gasteiger partial charge in [0.15, 0.2) is 0 Å². The zero-order chi connectivity index (χ0) is 15.5. The van der Waals surface area contributed by atoms with E-state index in [0.29, 0.717) is 22.9 Å². The number of rotatable bonds is 6. The second-order valence-corrected chi connectivity index (χ2v) is 4.89. The van der Waals surface area contributed by atoms with Crippen molar-refractivity contribution < 1.29 is 15.1 Å². The van der Waals surface area contributed by atoms with Gasteiger partial charge in [0.1, 0.15) is 0 Å². The van der Waals surface area contributed by atoms with Gasteiger partial charge in [-0.25, -0.2) is 0 Å². The number of aliphatic hydroxyl groups excluding tert-OH is 2. The first-order chi connectivity index (χ1) is 10.1. The van der Waals surface area contributed by atoms with E-state index in [9.17, 15) is 20.3 Å². The molecule has 2 rings (SSSR count). The van der Waals surface area contributed by atoms with Crippen LogP contribution >= 0.6 is 0 Å². The van der Waals surface area contributed by atoms with Gasteiger partial charge in [0.25, 0.3) is 5.69 Å². The summed E-state index contributed by atoms with van der Waals surface area (Å²) < 4.78 is 0. The summed E-state index contributed by atoms with van der Waals surface area (Å²) in [6.45, 7) is 1.34. The topological polar surface area (TPSA) is 109 Å². The lowest BCUT2D eigenvalue weighted by Crippen LogP contribution is -2.45. The molecule has 0 atom stereocenters. The lowest BCUT2D eigenvalue weighted by molar-refractivity contribution is -0.383. The normalized spacial score (nSPS) is 11.6. The fourth-order valence-corrected chi connectivity index (χ4v) is 2.17. The molecule has 21 heavy (non-hydrogen) atoms. The van der Waals surface area contributed by atoms with Crippen molar-refractivity contribution in [3.05, 3.63) is 40.7 Å². The molecule has 0 amide bonds. The molecule has 7 heteroatoms. The Morgan fingerprint density at radius 3 is 2.57 bits per heavy atom. The zero-order valence-corrected chi connectivity index (χ0v) is 11.6. The number of nitrogens with one attached hydrogen (secondary N) is 1. The van der Waals surface area contributed by atoms with Crippen molar-refractivity contribution in [1.29, 1.82) is 0 Å². The van der Waals surface area contributed by atoms with Crippen LogP contribution in [0.25, 0.3) is 10.8 Å². The number of nitrogens with zero attached hydrogens (tertiary/aromatic N) is 2. The lowest BCUT2D eigenvalue weighted by atomic mass is 9.97. The maximum absolute atomic E-state index is 11.1. The Morgan fingerprint density at radius 2 is 2.00 bits per heavy atom. The van der Waals surface area contributed by atoms with Crippen LogP contribution in [-0.2, 0) is 0 Å². The summed E-state index contributed by atoms with van der Waals surface area (Å²) in [7, 11) is 0. The first-order valence-corrected chi connectivity index (χ1v) is 6.58. The van der Waals surface area contributed by atoms with E-state index in [2.05, 4.69) is 10.3 Å². The number of hydrogen-bond acceptors (Lipinski definition) is 6. The average molecular weight is 291 g/mol. The van der Waals surface area contributed by atoms with Crippen LogP contribution in [0.1, 0.15) is 13.3 Å². The number of nitro benzene ring substituents is 1. The molecular formula is C14H17N3O4. The molecule has 0 aliphatic heterocycles. The minimum atomic E-state index is -0.876. The fraction of sp³-hybridized carbons (Fsp3) is 0.357. The van der Waals surface area contributed by atoms with E-state index in [4.69, 9.17) is 0 Å². The molecule has 1 aromatic heterocycles. The molecule has 0 radical (unpaired) electrons. The SMILES string of the molecule is CCC(CO)(CO)Nc1ccc([N+](=O)[O-])c2ccncc12. The molecule has 0 spiro atoms. The van der Waals surface area contributed by atoms with Crippen LogP contribution in [0.2, 0.25) is 0 Å². The Hall–Kier alpha value is -2.25. The van der Waals surface area contributed by atoms with Crippen molar-refractivity contribution in [2.24, 2.45) is 0 Å². The molecule has 1 heterocycles. The number of non-ortho nitro benzene ring substituents is 1. The van der Waals surface area contributed by atoms with E-state index in [1.807, 2.05) is 6.92 Å². The predicted molar refractivity (Wildman–Crippen MR) is 79.2 cm³/mol. The van der Waals surface area contributed by atoms with Crippen molar-refractivity contribution in [2.75, 3.05) is 18.5 Å². The van der Waals surface area contributed by atoms with E-state index in [0.717, 1.165) is 0 Å². The summed E-state index contributed by atoms with van der Waals surface area (Å²) in [5.41, 5.74) is -0.291. The molecule has 0 aliphatic carbocycles. The summed E-state index contributed by atoms with van der Waals surface area (Å²) in [5.74, 6) is 0. The van der Waals surface area contributed by atoms with Crippen molar-refractivity contribution in [3.8, 4) is 0 Å². The number of anilines is 1. The number of benzene rings is 1. The van der Waals surface area contributed by atoms with Crippen LogP contribution in [0, 0.1) is 10.1 Å². The fourth-order valence-electron chi connectivity index (χ4n) is 2.17. The van der Waals surface area contributed by atoms with Crippen LogP contribution in [0.4, 0.5) is 11.4 Å². The molecule has 0 saturated carbocycles. The third kappa shape index (κ3) is 2.79. The summed E-state index contributed by atoms with van der Waals surface area (Å²) in [4.78, 5) is 14.6. The number of fused-ring (bicyclic) bond motifs is 1. The first-order valence-electron chi connectivity index (χ1n) is 6.58. The summed E-state index contributed by atoms with van der Waals surface area (Å²) in [5, 5.41) is 34.2. The molecule has 0 fully saturated rings. The average Bonchev–Trinajstić information content (AvgIpc) is 2.52. The van der Waals surface area contributed by atoms with Crippen LogP contribution in [0.3, 0.4) is 0 Å². The van der Waals surface area contributed by atoms with Crippen molar-refractivity contribution >= 4 is 22.1 Å². The predicted octanol–water partition coefficient (Wildman–Crippen LogP) is 1.69. The number of nitro groups is 1. The molecular weight excluding hydrogens is 274 g/mol. The summed E-state index contributed by atoms with van der Waals surface area (Å²) in [6, 6.07) is 4.54. The van der Waals surface area contributed by atoms with E-state index in [1.54, 1.807) is 12.1 Å². The molecule has 1 aromatic carbocycles. The van der Waals surface area contributed by atoms with Gasteiger partial charge in [0.2, 0.25) is 0 Å². The van der Waals surface area contributed by atoms with Gasteiger partial charge < -0.3 is 15.5 Å². The lowest BCUT2D eigenvalue weighted by Gasteiger charge is -2.31. The van der Waals surface area contributed by atoms with Gasteiger partial charge in [-0.1, -0.05) is 6.92 Å². The van der Waals surface area contributed by atoms with Gasteiger partial charge in [-0.2, -0.15) is 0 Å². The summed E-state index contributed by atoms with van der Waals surface area (Å²) in [6.07, 6.45) is 3.52. The van der Waals surface area contributed by atoms with Crippen LogP contribution in [0.5, 0.6) is 0 Å². The zero-order valence-electron chi connectivity index (χ0n) is 11.6. The number of aromatic nitrogens is 1. The molecule has 0 saturated heterocycles. The number of aliphatic hydroxyl groups is 2. The molecule has 3 N–H and O–H groups in total. The highest BCUT2D eigenvalue weighted by Crippen LogP contribution is 2.32. The van der Waals surface area contributed by atoms with Gasteiger partial charge in [-0.3, -0.25) is 15.1 Å². The van der Waals surface area contributed by atoms with Crippen LogP contribution < -0.4 is 5.32 Å². The molecule has 0 unspecified atom stereocenters. The van der Waals surface area contributed by atoms with Gasteiger partial charge in [0, 0.05) is 29.5 Å². The van der Waals surface area contributed by atoms with Crippen LogP contribution in [0.15, 0.2) is 30.6 Å². The van der Waals surface area contributed by atoms with E-state index in [1.165, 1.54) is 18.5 Å². The van der Waals surface area contributed by atoms with Gasteiger partial charge in [0.05, 0.1) is 29.1 Å². The minimum Gasteiger partial charge on any atom is -0.394 e. The minimum absolute atomic E-state index is 0.00644. The first kappa shape index (κ1) is 15.1. The Kier molecular flexibility index (Phi) is 4.35. The molecule has 112 valence electrons. The highest BCUT2D eigenvalue weighted by atomic mass is 16.6. The van der Waals surface area contributed by atoms with E-state index >= 15 is 0 Å². The van der Waals surface area contributed by atoms with Crippen molar-refractivity contribution in [2.45, 2.75) is 18.9 Å². The smallest absolute Gasteiger partial charge is 0.277 e. The third-order valence-electron chi connectivity index (χ3n) is 3.67. The summed E-state index contributed by atoms with van der Waals surface area (Å²) >= 11 is 0. The van der Waals surface area contributed by atoms with Crippen LogP contribution in [-0.4, -0.2) is 38.9 Å². The Morgan fingerprint density at radius 1 is 1.29 bits per heavy atom. The maximum atomic E-state index is 11.1. The Labute approximate surface area is 121 Å². The van der Waals surface area contributed by atoms with Crippen molar-refractivity contribution in [1.82, 2.24) is 4.98 Å². The highest BCUT2D eigenvalue weighted by molar-refractivity contribution is 5.99.